The quantitative estimate of drug-likeness (QED) is 0.903. The zero-order valence-electron chi connectivity index (χ0n) is 10.4. The third-order valence-corrected chi connectivity index (χ3v) is 3.19. The third kappa shape index (κ3) is 1.95. The van der Waals surface area contributed by atoms with Gasteiger partial charge >= 0.3 is 11.7 Å². The molecule has 0 aliphatic heterocycles. The molecule has 1 aliphatic carbocycles. The van der Waals surface area contributed by atoms with E-state index in [1.54, 1.807) is 12.1 Å². The fourth-order valence-corrected chi connectivity index (χ4v) is 2.04. The van der Waals surface area contributed by atoms with Gasteiger partial charge in [0.1, 0.15) is 0 Å². The van der Waals surface area contributed by atoms with E-state index in [2.05, 4.69) is 5.10 Å². The lowest BCUT2D eigenvalue weighted by Gasteiger charge is -1.99. The van der Waals surface area contributed by atoms with Crippen LogP contribution in [0, 0.1) is 6.92 Å². The van der Waals surface area contributed by atoms with Crippen molar-refractivity contribution < 1.29 is 9.90 Å². The van der Waals surface area contributed by atoms with Gasteiger partial charge in [-0.15, -0.1) is 5.10 Å². The highest BCUT2D eigenvalue weighted by atomic mass is 16.4. The van der Waals surface area contributed by atoms with Gasteiger partial charge in [0, 0.05) is 6.04 Å². The van der Waals surface area contributed by atoms with Gasteiger partial charge in [0.25, 0.3) is 0 Å². The van der Waals surface area contributed by atoms with E-state index in [9.17, 15) is 9.59 Å². The van der Waals surface area contributed by atoms with Gasteiger partial charge < -0.3 is 5.11 Å². The Balaban J connectivity index is 2.17. The second-order valence-electron chi connectivity index (χ2n) is 4.76. The Morgan fingerprint density at radius 2 is 1.95 bits per heavy atom. The van der Waals surface area contributed by atoms with Crippen LogP contribution < -0.4 is 5.69 Å². The van der Waals surface area contributed by atoms with Crippen LogP contribution in [0.1, 0.15) is 35.1 Å². The smallest absolute Gasteiger partial charge is 0.374 e. The number of benzene rings is 1. The molecule has 1 aromatic carbocycles. The Morgan fingerprint density at radius 3 is 2.47 bits per heavy atom. The molecular weight excluding hydrogens is 246 g/mol. The summed E-state index contributed by atoms with van der Waals surface area (Å²) in [5.74, 6) is -1.36. The molecule has 1 aromatic heterocycles. The molecule has 0 atom stereocenters. The lowest BCUT2D eigenvalue weighted by Crippen LogP contribution is -2.24. The SMILES string of the molecule is Cc1ccc(-n2nc(C(=O)O)n(C3CC3)c2=O)cc1. The van der Waals surface area contributed by atoms with Crippen LogP contribution in [0.25, 0.3) is 5.69 Å². The molecular formula is C13H13N3O3. The van der Waals surface area contributed by atoms with E-state index in [-0.39, 0.29) is 17.6 Å². The topological polar surface area (TPSA) is 77.1 Å². The van der Waals surface area contributed by atoms with E-state index >= 15 is 0 Å². The minimum atomic E-state index is -1.17. The molecule has 0 spiro atoms. The minimum Gasteiger partial charge on any atom is -0.475 e. The summed E-state index contributed by atoms with van der Waals surface area (Å²) in [5.41, 5.74) is 1.26. The van der Waals surface area contributed by atoms with Gasteiger partial charge in [0.05, 0.1) is 5.69 Å². The van der Waals surface area contributed by atoms with Crippen LogP contribution in [-0.4, -0.2) is 25.4 Å². The minimum absolute atomic E-state index is 0.0159. The molecule has 1 N–H and O–H groups in total. The largest absolute Gasteiger partial charge is 0.475 e. The van der Waals surface area contributed by atoms with Crippen LogP contribution >= 0.6 is 0 Å². The van der Waals surface area contributed by atoms with E-state index in [1.165, 1.54) is 4.57 Å². The molecule has 1 aliphatic rings. The van der Waals surface area contributed by atoms with Crippen molar-refractivity contribution in [1.29, 1.82) is 0 Å². The predicted molar refractivity (Wildman–Crippen MR) is 67.8 cm³/mol. The normalized spacial score (nSPS) is 14.6. The Kier molecular flexibility index (Phi) is 2.51. The molecule has 6 heteroatoms. The first kappa shape index (κ1) is 11.7. The first-order valence-corrected chi connectivity index (χ1v) is 6.10. The van der Waals surface area contributed by atoms with Crippen molar-refractivity contribution in [3.05, 3.63) is 46.1 Å². The molecule has 2 aromatic rings. The first-order valence-electron chi connectivity index (χ1n) is 6.10. The van der Waals surface area contributed by atoms with Crippen LogP contribution in [0.2, 0.25) is 0 Å². The Morgan fingerprint density at radius 1 is 1.32 bits per heavy atom. The van der Waals surface area contributed by atoms with Crippen molar-refractivity contribution in [1.82, 2.24) is 14.3 Å². The summed E-state index contributed by atoms with van der Waals surface area (Å²) in [7, 11) is 0. The number of nitrogens with zero attached hydrogens (tertiary/aromatic N) is 3. The number of hydrogen-bond acceptors (Lipinski definition) is 3. The van der Waals surface area contributed by atoms with Gasteiger partial charge in [0.15, 0.2) is 0 Å². The Hall–Kier alpha value is -2.37. The van der Waals surface area contributed by atoms with E-state index in [4.69, 9.17) is 5.11 Å². The maximum atomic E-state index is 12.3. The molecule has 98 valence electrons. The van der Waals surface area contributed by atoms with Crippen molar-refractivity contribution >= 4 is 5.97 Å². The molecule has 0 saturated heterocycles. The summed E-state index contributed by atoms with van der Waals surface area (Å²) in [6, 6.07) is 7.22. The lowest BCUT2D eigenvalue weighted by molar-refractivity contribution is 0.0676. The van der Waals surface area contributed by atoms with Crippen LogP contribution in [0.5, 0.6) is 0 Å². The summed E-state index contributed by atoms with van der Waals surface area (Å²) in [6.07, 6.45) is 1.67. The number of aromatic nitrogens is 3. The molecule has 0 unspecified atom stereocenters. The number of hydrogen-bond donors (Lipinski definition) is 1. The molecule has 0 bridgehead atoms. The summed E-state index contributed by atoms with van der Waals surface area (Å²) in [5, 5.41) is 13.1. The molecule has 1 heterocycles. The Labute approximate surface area is 108 Å². The van der Waals surface area contributed by atoms with E-state index in [0.717, 1.165) is 23.1 Å². The summed E-state index contributed by atoms with van der Waals surface area (Å²) in [6.45, 7) is 1.94. The maximum absolute atomic E-state index is 12.3. The molecule has 0 radical (unpaired) electrons. The lowest BCUT2D eigenvalue weighted by atomic mass is 10.2. The van der Waals surface area contributed by atoms with Gasteiger partial charge in [-0.2, -0.15) is 4.68 Å². The standard InChI is InChI=1S/C13H13N3O3/c1-8-2-4-10(5-3-8)16-13(19)15(9-6-7-9)11(14-16)12(17)18/h2-5,9H,6-7H2,1H3,(H,17,18). The number of carbonyl (C=O) groups is 1. The molecule has 1 saturated carbocycles. The molecule has 6 nitrogen and oxygen atoms in total. The number of rotatable bonds is 3. The van der Waals surface area contributed by atoms with Crippen LogP contribution in [0.3, 0.4) is 0 Å². The van der Waals surface area contributed by atoms with Crippen LogP contribution in [0.15, 0.2) is 29.1 Å². The number of carboxylic acids is 1. The highest BCUT2D eigenvalue weighted by molar-refractivity contribution is 5.83. The van der Waals surface area contributed by atoms with E-state index in [1.807, 2.05) is 19.1 Å². The third-order valence-electron chi connectivity index (χ3n) is 3.19. The van der Waals surface area contributed by atoms with Crippen LogP contribution in [0.4, 0.5) is 0 Å². The van der Waals surface area contributed by atoms with Gasteiger partial charge in [0.2, 0.25) is 5.82 Å². The monoisotopic (exact) mass is 259 g/mol. The fraction of sp³-hybridized carbons (Fsp3) is 0.308. The second-order valence-corrected chi connectivity index (χ2v) is 4.76. The molecule has 1 fully saturated rings. The zero-order valence-corrected chi connectivity index (χ0v) is 10.4. The molecule has 3 rings (SSSR count). The van der Waals surface area contributed by atoms with E-state index < -0.39 is 5.97 Å². The fourth-order valence-electron chi connectivity index (χ4n) is 2.04. The first-order chi connectivity index (χ1) is 9.08. The Bertz CT molecular complexity index is 693. The van der Waals surface area contributed by atoms with Crippen molar-refractivity contribution in [2.75, 3.05) is 0 Å². The van der Waals surface area contributed by atoms with Gasteiger partial charge in [-0.25, -0.2) is 9.59 Å². The second kappa shape index (κ2) is 4.08. The van der Waals surface area contributed by atoms with Gasteiger partial charge in [-0.3, -0.25) is 4.57 Å². The van der Waals surface area contributed by atoms with Gasteiger partial charge in [-0.05, 0) is 31.9 Å². The number of aryl methyl sites for hydroxylation is 1. The van der Waals surface area contributed by atoms with E-state index in [0.29, 0.717) is 5.69 Å². The summed E-state index contributed by atoms with van der Waals surface area (Å²) >= 11 is 0. The summed E-state index contributed by atoms with van der Waals surface area (Å²) in [4.78, 5) is 23.4. The van der Waals surface area contributed by atoms with Crippen molar-refractivity contribution in [2.24, 2.45) is 0 Å². The average molecular weight is 259 g/mol. The average Bonchev–Trinajstić information content (AvgIpc) is 3.14. The van der Waals surface area contributed by atoms with Crippen molar-refractivity contribution in [3.8, 4) is 5.69 Å². The molecule has 19 heavy (non-hydrogen) atoms. The maximum Gasteiger partial charge on any atom is 0.374 e. The highest BCUT2D eigenvalue weighted by Crippen LogP contribution is 2.34. The number of carboxylic acid groups (broad SMARTS) is 1. The van der Waals surface area contributed by atoms with Crippen molar-refractivity contribution in [3.63, 3.8) is 0 Å². The highest BCUT2D eigenvalue weighted by Gasteiger charge is 2.32. The van der Waals surface area contributed by atoms with Gasteiger partial charge in [-0.1, -0.05) is 17.7 Å². The predicted octanol–water partition coefficient (Wildman–Crippen LogP) is 1.38. The van der Waals surface area contributed by atoms with Crippen LogP contribution in [-0.2, 0) is 0 Å². The molecule has 0 amide bonds. The number of aromatic carboxylic acids is 1. The zero-order chi connectivity index (χ0) is 13.6. The summed E-state index contributed by atoms with van der Waals surface area (Å²) < 4.78 is 2.43. The van der Waals surface area contributed by atoms with Crippen molar-refractivity contribution in [2.45, 2.75) is 25.8 Å².